The zero-order valence-corrected chi connectivity index (χ0v) is 17.7. The summed E-state index contributed by atoms with van der Waals surface area (Å²) in [7, 11) is 0. The summed E-state index contributed by atoms with van der Waals surface area (Å²) in [5.41, 5.74) is 3.69. The van der Waals surface area contributed by atoms with E-state index in [1.807, 2.05) is 36.1 Å². The second-order valence-corrected chi connectivity index (χ2v) is 8.01. The Morgan fingerprint density at radius 2 is 1.96 bits per heavy atom. The third-order valence-corrected chi connectivity index (χ3v) is 5.16. The Hall–Kier alpha value is -2.60. The normalized spacial score (nSPS) is 11.2. The van der Waals surface area contributed by atoms with E-state index in [0.717, 1.165) is 34.3 Å². The van der Waals surface area contributed by atoms with E-state index in [2.05, 4.69) is 37.1 Å². The average molecular weight is 398 g/mol. The Kier molecular flexibility index (Phi) is 6.19. The lowest BCUT2D eigenvalue weighted by atomic mass is 10.0. The number of nitrogens with one attached hydrogen (secondary N) is 2. The molecule has 2 heterocycles. The standard InChI is InChI=1S/C22H27N3O2S/c1-14(2)11-23-22(28)25(13-18-6-5-9-27-18)12-17-10-19-15(3)7-8-16(4)20(19)24-21(17)26/h5-10,14H,11-13H2,1-4H3,(H,23,28)(H,24,26). The number of thiocarbonyl (C=S) groups is 1. The van der Waals surface area contributed by atoms with Crippen molar-refractivity contribution in [2.45, 2.75) is 40.8 Å². The van der Waals surface area contributed by atoms with Crippen LogP contribution < -0.4 is 10.9 Å². The summed E-state index contributed by atoms with van der Waals surface area (Å²) in [6.45, 7) is 10.0. The van der Waals surface area contributed by atoms with Gasteiger partial charge in [-0.2, -0.15) is 0 Å². The van der Waals surface area contributed by atoms with Crippen molar-refractivity contribution >= 4 is 28.2 Å². The molecule has 2 aromatic heterocycles. The van der Waals surface area contributed by atoms with E-state index in [-0.39, 0.29) is 5.56 Å². The van der Waals surface area contributed by atoms with Crippen molar-refractivity contribution in [1.82, 2.24) is 15.2 Å². The predicted octanol–water partition coefficient (Wildman–Crippen LogP) is 4.27. The highest BCUT2D eigenvalue weighted by atomic mass is 32.1. The first-order valence-electron chi connectivity index (χ1n) is 9.52. The van der Waals surface area contributed by atoms with Crippen LogP contribution in [0.3, 0.4) is 0 Å². The minimum atomic E-state index is -0.0858. The summed E-state index contributed by atoms with van der Waals surface area (Å²) in [5.74, 6) is 1.27. The molecular formula is C22H27N3O2S. The number of nitrogens with zero attached hydrogens (tertiary/aromatic N) is 1. The maximum Gasteiger partial charge on any atom is 0.253 e. The van der Waals surface area contributed by atoms with Crippen LogP contribution in [0.25, 0.3) is 10.9 Å². The number of hydrogen-bond donors (Lipinski definition) is 2. The molecule has 0 aliphatic carbocycles. The van der Waals surface area contributed by atoms with Crippen LogP contribution in [-0.2, 0) is 13.1 Å². The molecule has 28 heavy (non-hydrogen) atoms. The van der Waals surface area contributed by atoms with E-state index in [9.17, 15) is 4.79 Å². The molecule has 2 N–H and O–H groups in total. The second kappa shape index (κ2) is 8.61. The van der Waals surface area contributed by atoms with Gasteiger partial charge in [-0.3, -0.25) is 4.79 Å². The van der Waals surface area contributed by atoms with Gasteiger partial charge in [-0.1, -0.05) is 26.0 Å². The third-order valence-electron chi connectivity index (χ3n) is 4.76. The van der Waals surface area contributed by atoms with E-state index in [0.29, 0.717) is 29.7 Å². The zero-order valence-electron chi connectivity index (χ0n) is 16.8. The van der Waals surface area contributed by atoms with Crippen LogP contribution in [-0.4, -0.2) is 21.5 Å². The van der Waals surface area contributed by atoms with Crippen LogP contribution in [0.15, 0.2) is 45.8 Å². The number of hydrogen-bond acceptors (Lipinski definition) is 3. The van der Waals surface area contributed by atoms with Crippen molar-refractivity contribution in [2.24, 2.45) is 5.92 Å². The van der Waals surface area contributed by atoms with Crippen molar-refractivity contribution in [3.8, 4) is 0 Å². The maximum atomic E-state index is 12.8. The Balaban J connectivity index is 1.93. The van der Waals surface area contributed by atoms with E-state index in [1.54, 1.807) is 6.26 Å². The van der Waals surface area contributed by atoms with Crippen LogP contribution in [0.5, 0.6) is 0 Å². The van der Waals surface area contributed by atoms with Crippen molar-refractivity contribution in [3.63, 3.8) is 0 Å². The monoisotopic (exact) mass is 397 g/mol. The molecule has 0 amide bonds. The highest BCUT2D eigenvalue weighted by Crippen LogP contribution is 2.20. The third kappa shape index (κ3) is 4.62. The van der Waals surface area contributed by atoms with Crippen LogP contribution in [0, 0.1) is 19.8 Å². The fourth-order valence-corrected chi connectivity index (χ4v) is 3.35. The summed E-state index contributed by atoms with van der Waals surface area (Å²) >= 11 is 5.61. The number of aryl methyl sites for hydroxylation is 2. The first-order chi connectivity index (χ1) is 13.3. The smallest absolute Gasteiger partial charge is 0.253 e. The van der Waals surface area contributed by atoms with Crippen LogP contribution >= 0.6 is 12.2 Å². The van der Waals surface area contributed by atoms with E-state index in [4.69, 9.17) is 16.6 Å². The molecule has 0 bridgehead atoms. The van der Waals surface area contributed by atoms with Gasteiger partial charge in [0.15, 0.2) is 5.11 Å². The minimum absolute atomic E-state index is 0.0858. The predicted molar refractivity (Wildman–Crippen MR) is 117 cm³/mol. The number of furan rings is 1. The lowest BCUT2D eigenvalue weighted by Gasteiger charge is -2.25. The van der Waals surface area contributed by atoms with Gasteiger partial charge in [0.1, 0.15) is 5.76 Å². The molecule has 5 nitrogen and oxygen atoms in total. The van der Waals surface area contributed by atoms with Gasteiger partial charge in [0.25, 0.3) is 5.56 Å². The summed E-state index contributed by atoms with van der Waals surface area (Å²) in [4.78, 5) is 17.8. The SMILES string of the molecule is Cc1ccc(C)c2[nH]c(=O)c(CN(Cc3ccco3)C(=S)NCC(C)C)cc12. The van der Waals surface area contributed by atoms with Gasteiger partial charge < -0.3 is 19.6 Å². The quantitative estimate of drug-likeness (QED) is 0.608. The summed E-state index contributed by atoms with van der Waals surface area (Å²) in [5, 5.41) is 4.98. The molecule has 3 rings (SSSR count). The van der Waals surface area contributed by atoms with Crippen molar-refractivity contribution in [2.75, 3.05) is 6.54 Å². The molecule has 0 unspecified atom stereocenters. The van der Waals surface area contributed by atoms with E-state index in [1.165, 1.54) is 0 Å². The highest BCUT2D eigenvalue weighted by molar-refractivity contribution is 7.80. The molecule has 0 spiro atoms. The molecule has 6 heteroatoms. The van der Waals surface area contributed by atoms with Gasteiger partial charge in [-0.25, -0.2) is 0 Å². The molecule has 0 aliphatic rings. The number of rotatable bonds is 6. The average Bonchev–Trinajstić information content (AvgIpc) is 3.16. The lowest BCUT2D eigenvalue weighted by molar-refractivity contribution is 0.348. The van der Waals surface area contributed by atoms with E-state index < -0.39 is 0 Å². The molecule has 148 valence electrons. The van der Waals surface area contributed by atoms with Crippen molar-refractivity contribution in [3.05, 3.63) is 69.4 Å². The van der Waals surface area contributed by atoms with Crippen LogP contribution in [0.4, 0.5) is 0 Å². The van der Waals surface area contributed by atoms with Gasteiger partial charge in [0.2, 0.25) is 0 Å². The first kappa shape index (κ1) is 20.1. The van der Waals surface area contributed by atoms with E-state index >= 15 is 0 Å². The highest BCUT2D eigenvalue weighted by Gasteiger charge is 2.16. The van der Waals surface area contributed by atoms with Gasteiger partial charge in [0, 0.05) is 17.5 Å². The van der Waals surface area contributed by atoms with Gasteiger partial charge >= 0.3 is 0 Å². The molecule has 0 aliphatic heterocycles. The van der Waals surface area contributed by atoms with Crippen LogP contribution in [0.1, 0.15) is 36.3 Å². The second-order valence-electron chi connectivity index (χ2n) is 7.63. The fourth-order valence-electron chi connectivity index (χ4n) is 3.13. The number of aromatic amines is 1. The molecular weight excluding hydrogens is 370 g/mol. The minimum Gasteiger partial charge on any atom is -0.467 e. The molecule has 0 fully saturated rings. The summed E-state index contributed by atoms with van der Waals surface area (Å²) in [6, 6.07) is 9.86. The lowest BCUT2D eigenvalue weighted by Crippen LogP contribution is -2.41. The van der Waals surface area contributed by atoms with Crippen molar-refractivity contribution in [1.29, 1.82) is 0 Å². The topological polar surface area (TPSA) is 61.3 Å². The molecule has 1 aromatic carbocycles. The Bertz CT molecular complexity index is 1020. The Morgan fingerprint density at radius 1 is 1.21 bits per heavy atom. The van der Waals surface area contributed by atoms with Crippen LogP contribution in [0.2, 0.25) is 0 Å². The largest absolute Gasteiger partial charge is 0.467 e. The fraction of sp³-hybridized carbons (Fsp3) is 0.364. The van der Waals surface area contributed by atoms with Gasteiger partial charge in [-0.05, 0) is 61.3 Å². The molecule has 0 radical (unpaired) electrons. The van der Waals surface area contributed by atoms with Gasteiger partial charge in [0.05, 0.1) is 24.9 Å². The molecule has 0 saturated carbocycles. The first-order valence-corrected chi connectivity index (χ1v) is 9.93. The summed E-state index contributed by atoms with van der Waals surface area (Å²) in [6.07, 6.45) is 1.65. The summed E-state index contributed by atoms with van der Waals surface area (Å²) < 4.78 is 5.50. The Labute approximate surface area is 170 Å². The zero-order chi connectivity index (χ0) is 20.3. The maximum absolute atomic E-state index is 12.8. The number of H-pyrrole nitrogens is 1. The Morgan fingerprint density at radius 3 is 2.64 bits per heavy atom. The number of aromatic nitrogens is 1. The molecule has 0 saturated heterocycles. The molecule has 0 atom stereocenters. The van der Waals surface area contributed by atoms with Gasteiger partial charge in [-0.15, -0.1) is 0 Å². The van der Waals surface area contributed by atoms with Crippen molar-refractivity contribution < 1.29 is 4.42 Å². The number of fused-ring (bicyclic) bond motifs is 1. The molecule has 3 aromatic rings. The number of benzene rings is 1. The number of pyridine rings is 1.